The molecule has 3 rings (SSSR count). The molecule has 14 heavy (non-hydrogen) atoms. The minimum atomic E-state index is -0.147. The number of aliphatic hydroxyl groups is 1. The smallest absolute Gasteiger partial charge is 0.0639 e. The number of β-amino-alcohol motifs (C(OH)–C–C–N with tert-alkyl or cyclic N) is 1. The molecule has 2 heteroatoms. The van der Waals surface area contributed by atoms with Gasteiger partial charge in [0.15, 0.2) is 0 Å². The second-order valence-corrected chi connectivity index (χ2v) is 5.73. The van der Waals surface area contributed by atoms with Crippen LogP contribution in [-0.4, -0.2) is 35.7 Å². The number of rotatable bonds is 2. The molecule has 80 valence electrons. The number of nitrogens with zero attached hydrogens (tertiary/aromatic N) is 1. The van der Waals surface area contributed by atoms with Gasteiger partial charge in [-0.1, -0.05) is 0 Å². The first-order valence-electron chi connectivity index (χ1n) is 6.14. The van der Waals surface area contributed by atoms with Crippen LogP contribution in [0.15, 0.2) is 0 Å². The van der Waals surface area contributed by atoms with Crippen molar-refractivity contribution < 1.29 is 5.11 Å². The van der Waals surface area contributed by atoms with Gasteiger partial charge in [-0.2, -0.15) is 0 Å². The minimum Gasteiger partial charge on any atom is -0.392 e. The SMILES string of the molecule is C[C@H](O)CN1CC2C3CCC(C3)C2C1. The van der Waals surface area contributed by atoms with Gasteiger partial charge in [0.05, 0.1) is 6.10 Å². The molecule has 0 aromatic rings. The van der Waals surface area contributed by atoms with Crippen LogP contribution in [0.25, 0.3) is 0 Å². The maximum Gasteiger partial charge on any atom is 0.0639 e. The van der Waals surface area contributed by atoms with Gasteiger partial charge in [0.25, 0.3) is 0 Å². The zero-order valence-corrected chi connectivity index (χ0v) is 9.02. The van der Waals surface area contributed by atoms with Gasteiger partial charge in [-0.15, -0.1) is 0 Å². The van der Waals surface area contributed by atoms with Crippen LogP contribution in [0.2, 0.25) is 0 Å². The Morgan fingerprint density at radius 2 is 1.79 bits per heavy atom. The van der Waals surface area contributed by atoms with E-state index >= 15 is 0 Å². The Morgan fingerprint density at radius 1 is 1.21 bits per heavy atom. The van der Waals surface area contributed by atoms with Gasteiger partial charge in [-0.05, 0) is 49.9 Å². The highest BCUT2D eigenvalue weighted by Gasteiger charge is 2.51. The first kappa shape index (κ1) is 9.17. The third-order valence-electron chi connectivity index (χ3n) is 4.74. The molecule has 0 aromatic carbocycles. The summed E-state index contributed by atoms with van der Waals surface area (Å²) in [5, 5.41) is 9.38. The Balaban J connectivity index is 1.65. The Labute approximate surface area is 86.3 Å². The minimum absolute atomic E-state index is 0.147. The summed E-state index contributed by atoms with van der Waals surface area (Å²) < 4.78 is 0. The molecule has 0 radical (unpaired) electrons. The van der Waals surface area contributed by atoms with Crippen molar-refractivity contribution in [1.82, 2.24) is 4.90 Å². The molecule has 3 aliphatic rings. The van der Waals surface area contributed by atoms with E-state index in [-0.39, 0.29) is 6.10 Å². The van der Waals surface area contributed by atoms with Crippen molar-refractivity contribution in [2.24, 2.45) is 23.7 Å². The highest BCUT2D eigenvalue weighted by Crippen LogP contribution is 2.54. The van der Waals surface area contributed by atoms with Crippen molar-refractivity contribution in [3.05, 3.63) is 0 Å². The zero-order chi connectivity index (χ0) is 9.71. The largest absolute Gasteiger partial charge is 0.392 e. The van der Waals surface area contributed by atoms with E-state index in [4.69, 9.17) is 0 Å². The molecule has 4 unspecified atom stereocenters. The molecule has 3 fully saturated rings. The normalized spacial score (nSPS) is 48.4. The molecular weight excluding hydrogens is 174 g/mol. The maximum absolute atomic E-state index is 9.38. The van der Waals surface area contributed by atoms with Crippen molar-refractivity contribution in [3.8, 4) is 0 Å². The van der Waals surface area contributed by atoms with E-state index in [0.717, 1.165) is 30.2 Å². The average Bonchev–Trinajstić information content (AvgIpc) is 2.69. The summed E-state index contributed by atoms with van der Waals surface area (Å²) in [5.41, 5.74) is 0. The van der Waals surface area contributed by atoms with Gasteiger partial charge in [-0.25, -0.2) is 0 Å². The number of likely N-dealkylation sites (tertiary alicyclic amines) is 1. The molecule has 0 aromatic heterocycles. The van der Waals surface area contributed by atoms with E-state index in [1.165, 1.54) is 32.4 Å². The molecule has 0 amide bonds. The van der Waals surface area contributed by atoms with E-state index in [1.54, 1.807) is 0 Å². The first-order chi connectivity index (χ1) is 6.74. The molecular formula is C12H21NO. The van der Waals surface area contributed by atoms with Crippen molar-refractivity contribution in [3.63, 3.8) is 0 Å². The number of fused-ring (bicyclic) bond motifs is 5. The summed E-state index contributed by atoms with van der Waals surface area (Å²) in [5.74, 6) is 4.08. The molecule has 5 atom stereocenters. The lowest BCUT2D eigenvalue weighted by molar-refractivity contribution is 0.134. The van der Waals surface area contributed by atoms with E-state index in [2.05, 4.69) is 4.90 Å². The summed E-state index contributed by atoms with van der Waals surface area (Å²) in [6, 6.07) is 0. The van der Waals surface area contributed by atoms with Crippen molar-refractivity contribution in [2.75, 3.05) is 19.6 Å². The van der Waals surface area contributed by atoms with Gasteiger partial charge < -0.3 is 10.0 Å². The van der Waals surface area contributed by atoms with Gasteiger partial charge in [0.1, 0.15) is 0 Å². The number of hydrogen-bond donors (Lipinski definition) is 1. The highest BCUT2D eigenvalue weighted by molar-refractivity contribution is 5.02. The summed E-state index contributed by atoms with van der Waals surface area (Å²) in [7, 11) is 0. The molecule has 1 aliphatic heterocycles. The van der Waals surface area contributed by atoms with Crippen molar-refractivity contribution in [2.45, 2.75) is 32.3 Å². The van der Waals surface area contributed by atoms with Crippen LogP contribution in [-0.2, 0) is 0 Å². The molecule has 0 spiro atoms. The molecule has 2 aliphatic carbocycles. The van der Waals surface area contributed by atoms with E-state index in [0.29, 0.717) is 0 Å². The lowest BCUT2D eigenvalue weighted by Gasteiger charge is -2.22. The van der Waals surface area contributed by atoms with Crippen molar-refractivity contribution in [1.29, 1.82) is 0 Å². The second-order valence-electron chi connectivity index (χ2n) is 5.73. The van der Waals surface area contributed by atoms with Gasteiger partial charge in [0.2, 0.25) is 0 Å². The Bertz CT molecular complexity index is 210. The van der Waals surface area contributed by atoms with Gasteiger partial charge in [-0.3, -0.25) is 0 Å². The second kappa shape index (κ2) is 3.21. The Kier molecular flexibility index (Phi) is 2.10. The molecule has 2 saturated carbocycles. The van der Waals surface area contributed by atoms with Gasteiger partial charge >= 0.3 is 0 Å². The monoisotopic (exact) mass is 195 g/mol. The Morgan fingerprint density at radius 3 is 2.29 bits per heavy atom. The van der Waals surface area contributed by atoms with Crippen LogP contribution < -0.4 is 0 Å². The summed E-state index contributed by atoms with van der Waals surface area (Å²) in [6.45, 7) is 5.35. The van der Waals surface area contributed by atoms with Crippen LogP contribution in [0, 0.1) is 23.7 Å². The van der Waals surface area contributed by atoms with Crippen LogP contribution >= 0.6 is 0 Å². The standard InChI is InChI=1S/C12H21NO/c1-8(14)5-13-6-11-9-2-3-10(4-9)12(11)7-13/h8-12,14H,2-7H2,1H3/t8-,9?,10?,11?,12?/m0/s1. The topological polar surface area (TPSA) is 23.5 Å². The average molecular weight is 195 g/mol. The summed E-state index contributed by atoms with van der Waals surface area (Å²) in [6.07, 6.45) is 4.37. The summed E-state index contributed by atoms with van der Waals surface area (Å²) >= 11 is 0. The maximum atomic E-state index is 9.38. The van der Waals surface area contributed by atoms with Crippen molar-refractivity contribution >= 4 is 0 Å². The molecule has 1 N–H and O–H groups in total. The van der Waals surface area contributed by atoms with Gasteiger partial charge in [0, 0.05) is 19.6 Å². The number of aliphatic hydroxyl groups excluding tert-OH is 1. The van der Waals surface area contributed by atoms with E-state index in [1.807, 2.05) is 6.92 Å². The third kappa shape index (κ3) is 1.31. The van der Waals surface area contributed by atoms with E-state index < -0.39 is 0 Å². The van der Waals surface area contributed by atoms with Crippen LogP contribution in [0.1, 0.15) is 26.2 Å². The fourth-order valence-electron chi connectivity index (χ4n) is 4.29. The quantitative estimate of drug-likeness (QED) is 0.719. The first-order valence-corrected chi connectivity index (χ1v) is 6.14. The fraction of sp³-hybridized carbons (Fsp3) is 1.00. The lowest BCUT2D eigenvalue weighted by atomic mass is 9.82. The highest BCUT2D eigenvalue weighted by atomic mass is 16.3. The van der Waals surface area contributed by atoms with Crippen LogP contribution in [0.3, 0.4) is 0 Å². The molecule has 2 bridgehead atoms. The van der Waals surface area contributed by atoms with Crippen LogP contribution in [0.4, 0.5) is 0 Å². The molecule has 2 nitrogen and oxygen atoms in total. The summed E-state index contributed by atoms with van der Waals surface area (Å²) in [4.78, 5) is 2.49. The van der Waals surface area contributed by atoms with E-state index in [9.17, 15) is 5.11 Å². The lowest BCUT2D eigenvalue weighted by Crippen LogP contribution is -2.30. The fourth-order valence-corrected chi connectivity index (χ4v) is 4.29. The number of hydrogen-bond acceptors (Lipinski definition) is 2. The predicted octanol–water partition coefficient (Wildman–Crippen LogP) is 1.35. The Hall–Kier alpha value is -0.0800. The molecule has 1 saturated heterocycles. The third-order valence-corrected chi connectivity index (χ3v) is 4.74. The predicted molar refractivity (Wildman–Crippen MR) is 55.9 cm³/mol. The van der Waals surface area contributed by atoms with Crippen LogP contribution in [0.5, 0.6) is 0 Å². The zero-order valence-electron chi connectivity index (χ0n) is 9.02. The molecule has 1 heterocycles.